The third kappa shape index (κ3) is 7.87. The fraction of sp³-hybridized carbons (Fsp3) is 0.412. The van der Waals surface area contributed by atoms with Crippen LogP contribution in [-0.4, -0.2) is 35.2 Å². The van der Waals surface area contributed by atoms with E-state index in [1.54, 1.807) is 0 Å². The smallest absolute Gasteiger partial charge is 0.257 e. The molecule has 4 aromatic rings. The van der Waals surface area contributed by atoms with Crippen LogP contribution in [0.2, 0.25) is 0 Å². The fourth-order valence-corrected chi connectivity index (χ4v) is 4.93. The lowest BCUT2D eigenvalue weighted by atomic mass is 10.0. The van der Waals surface area contributed by atoms with E-state index in [0.29, 0.717) is 19.1 Å². The summed E-state index contributed by atoms with van der Waals surface area (Å²) >= 11 is 0. The molecule has 0 aliphatic heterocycles. The Hall–Kier alpha value is -3.80. The SMILES string of the molecule is Cc1ccc(C)c(OCC(=O)NCCCCCc2nc3ccccc3n2CCOc2cc(C)ccc2C(C)C)c1. The third-order valence-corrected chi connectivity index (χ3v) is 7.20. The van der Waals surface area contributed by atoms with Gasteiger partial charge in [-0.25, -0.2) is 4.98 Å². The predicted octanol–water partition coefficient (Wildman–Crippen LogP) is 7.07. The van der Waals surface area contributed by atoms with E-state index in [-0.39, 0.29) is 12.5 Å². The fourth-order valence-electron chi connectivity index (χ4n) is 4.93. The van der Waals surface area contributed by atoms with Crippen LogP contribution in [0.25, 0.3) is 11.0 Å². The van der Waals surface area contributed by atoms with Gasteiger partial charge in [0.1, 0.15) is 23.9 Å². The number of benzene rings is 3. The Morgan fingerprint density at radius 3 is 2.45 bits per heavy atom. The summed E-state index contributed by atoms with van der Waals surface area (Å²) in [5, 5.41) is 2.98. The van der Waals surface area contributed by atoms with Gasteiger partial charge in [0, 0.05) is 13.0 Å². The number of nitrogens with one attached hydrogen (secondary N) is 1. The van der Waals surface area contributed by atoms with Crippen LogP contribution in [0.4, 0.5) is 0 Å². The summed E-state index contributed by atoms with van der Waals surface area (Å²) in [5.41, 5.74) is 6.76. The van der Waals surface area contributed by atoms with Gasteiger partial charge < -0.3 is 19.4 Å². The molecule has 4 rings (SSSR count). The molecule has 40 heavy (non-hydrogen) atoms. The van der Waals surface area contributed by atoms with Crippen LogP contribution in [0.5, 0.6) is 11.5 Å². The van der Waals surface area contributed by atoms with Gasteiger partial charge in [-0.15, -0.1) is 0 Å². The molecule has 6 nitrogen and oxygen atoms in total. The first-order valence-electron chi connectivity index (χ1n) is 14.5. The van der Waals surface area contributed by atoms with Crippen LogP contribution in [0.15, 0.2) is 60.7 Å². The van der Waals surface area contributed by atoms with Gasteiger partial charge in [0.25, 0.3) is 5.91 Å². The minimum absolute atomic E-state index is 0.0393. The number of aryl methyl sites for hydroxylation is 4. The van der Waals surface area contributed by atoms with E-state index in [1.165, 1.54) is 11.1 Å². The summed E-state index contributed by atoms with van der Waals surface area (Å²) in [6, 6.07) is 20.8. The molecule has 0 aliphatic rings. The number of carbonyl (C=O) groups is 1. The first-order valence-corrected chi connectivity index (χ1v) is 14.5. The molecule has 0 unspecified atom stereocenters. The van der Waals surface area contributed by atoms with Crippen molar-refractivity contribution in [3.05, 3.63) is 88.7 Å². The van der Waals surface area contributed by atoms with Gasteiger partial charge in [-0.05, 0) is 86.1 Å². The molecule has 1 aromatic heterocycles. The maximum atomic E-state index is 12.2. The Balaban J connectivity index is 1.24. The number of nitrogens with zero attached hydrogens (tertiary/aromatic N) is 2. The highest BCUT2D eigenvalue weighted by Gasteiger charge is 2.12. The Labute approximate surface area is 238 Å². The Kier molecular flexibility index (Phi) is 10.2. The Bertz CT molecular complexity index is 1420. The van der Waals surface area contributed by atoms with Crippen molar-refractivity contribution in [2.24, 2.45) is 0 Å². The van der Waals surface area contributed by atoms with Crippen LogP contribution in [0.3, 0.4) is 0 Å². The molecular weight excluding hydrogens is 498 g/mol. The number of imidazole rings is 1. The zero-order valence-corrected chi connectivity index (χ0v) is 24.6. The highest BCUT2D eigenvalue weighted by molar-refractivity contribution is 5.77. The van der Waals surface area contributed by atoms with Crippen LogP contribution in [0.1, 0.15) is 67.1 Å². The lowest BCUT2D eigenvalue weighted by molar-refractivity contribution is -0.123. The molecule has 1 amide bonds. The van der Waals surface area contributed by atoms with E-state index in [2.05, 4.69) is 67.1 Å². The summed E-state index contributed by atoms with van der Waals surface area (Å²) in [4.78, 5) is 17.2. The third-order valence-electron chi connectivity index (χ3n) is 7.20. The highest BCUT2D eigenvalue weighted by Crippen LogP contribution is 2.28. The van der Waals surface area contributed by atoms with Gasteiger partial charge >= 0.3 is 0 Å². The van der Waals surface area contributed by atoms with Crippen molar-refractivity contribution in [3.8, 4) is 11.5 Å². The molecule has 0 bridgehead atoms. The summed E-state index contributed by atoms with van der Waals surface area (Å²) in [5.74, 6) is 3.15. The van der Waals surface area contributed by atoms with E-state index in [0.717, 1.165) is 71.7 Å². The molecule has 1 heterocycles. The van der Waals surface area contributed by atoms with Crippen molar-refractivity contribution in [3.63, 3.8) is 0 Å². The minimum atomic E-state index is -0.0862. The summed E-state index contributed by atoms with van der Waals surface area (Å²) in [6.07, 6.45) is 3.83. The van der Waals surface area contributed by atoms with E-state index >= 15 is 0 Å². The van der Waals surface area contributed by atoms with Gasteiger partial charge in [0.2, 0.25) is 0 Å². The molecule has 0 saturated carbocycles. The number of carbonyl (C=O) groups excluding carboxylic acids is 1. The number of rotatable bonds is 14. The van der Waals surface area contributed by atoms with Crippen LogP contribution >= 0.6 is 0 Å². The van der Waals surface area contributed by atoms with Gasteiger partial charge in [-0.1, -0.05) is 56.7 Å². The van der Waals surface area contributed by atoms with Crippen molar-refractivity contribution in [2.75, 3.05) is 19.8 Å². The standard InChI is InChI=1S/C34H43N3O3/c1-24(2)28-17-15-26(4)22-32(28)39-20-19-37-30-12-9-8-11-29(30)36-33(37)13-7-6-10-18-35-34(38)23-40-31-21-25(3)14-16-27(31)5/h8-9,11-12,14-17,21-22,24H,6-7,10,13,18-20,23H2,1-5H3,(H,35,38). The maximum Gasteiger partial charge on any atom is 0.257 e. The minimum Gasteiger partial charge on any atom is -0.491 e. The van der Waals surface area contributed by atoms with E-state index in [1.807, 2.05) is 38.1 Å². The van der Waals surface area contributed by atoms with Crippen LogP contribution < -0.4 is 14.8 Å². The highest BCUT2D eigenvalue weighted by atomic mass is 16.5. The number of fused-ring (bicyclic) bond motifs is 1. The normalized spacial score (nSPS) is 11.2. The monoisotopic (exact) mass is 541 g/mol. The second-order valence-electron chi connectivity index (χ2n) is 10.9. The van der Waals surface area contributed by atoms with Crippen molar-refractivity contribution in [2.45, 2.75) is 72.8 Å². The molecule has 1 N–H and O–H groups in total. The number of hydrogen-bond acceptors (Lipinski definition) is 4. The van der Waals surface area contributed by atoms with Gasteiger partial charge in [-0.3, -0.25) is 4.79 Å². The number of hydrogen-bond donors (Lipinski definition) is 1. The van der Waals surface area contributed by atoms with E-state index in [9.17, 15) is 4.79 Å². The van der Waals surface area contributed by atoms with Crippen molar-refractivity contribution in [1.29, 1.82) is 0 Å². The number of aromatic nitrogens is 2. The number of amides is 1. The molecule has 0 aliphatic carbocycles. The Morgan fingerprint density at radius 1 is 0.900 bits per heavy atom. The van der Waals surface area contributed by atoms with Crippen LogP contribution in [0, 0.1) is 20.8 Å². The molecule has 3 aromatic carbocycles. The second kappa shape index (κ2) is 14.0. The quantitative estimate of drug-likeness (QED) is 0.173. The van der Waals surface area contributed by atoms with Crippen LogP contribution in [-0.2, 0) is 17.8 Å². The first kappa shape index (κ1) is 29.2. The lowest BCUT2D eigenvalue weighted by Gasteiger charge is -2.16. The molecular formula is C34H43N3O3. The summed E-state index contributed by atoms with van der Waals surface area (Å²) < 4.78 is 14.3. The predicted molar refractivity (Wildman–Crippen MR) is 162 cm³/mol. The van der Waals surface area contributed by atoms with Gasteiger partial charge in [0.05, 0.1) is 17.6 Å². The second-order valence-corrected chi connectivity index (χ2v) is 10.9. The summed E-state index contributed by atoms with van der Waals surface area (Å²) in [7, 11) is 0. The Morgan fingerprint density at radius 2 is 1.65 bits per heavy atom. The van der Waals surface area contributed by atoms with Crippen molar-refractivity contribution >= 4 is 16.9 Å². The zero-order chi connectivity index (χ0) is 28.5. The van der Waals surface area contributed by atoms with E-state index < -0.39 is 0 Å². The van der Waals surface area contributed by atoms with Gasteiger partial charge in [0.15, 0.2) is 6.61 Å². The number of ether oxygens (including phenoxy) is 2. The largest absolute Gasteiger partial charge is 0.491 e. The molecule has 0 atom stereocenters. The molecule has 212 valence electrons. The number of para-hydroxylation sites is 2. The molecule has 0 fully saturated rings. The zero-order valence-electron chi connectivity index (χ0n) is 24.6. The number of unbranched alkanes of at least 4 members (excludes halogenated alkanes) is 2. The maximum absolute atomic E-state index is 12.2. The van der Waals surface area contributed by atoms with Crippen molar-refractivity contribution in [1.82, 2.24) is 14.9 Å². The molecule has 0 spiro atoms. The summed E-state index contributed by atoms with van der Waals surface area (Å²) in [6.45, 7) is 12.5. The molecule has 0 radical (unpaired) electrons. The average molecular weight is 542 g/mol. The molecule has 0 saturated heterocycles. The molecule has 6 heteroatoms. The lowest BCUT2D eigenvalue weighted by Crippen LogP contribution is -2.29. The topological polar surface area (TPSA) is 65.4 Å². The van der Waals surface area contributed by atoms with Gasteiger partial charge in [-0.2, -0.15) is 0 Å². The van der Waals surface area contributed by atoms with Crippen molar-refractivity contribution < 1.29 is 14.3 Å². The first-order chi connectivity index (χ1) is 19.3. The van der Waals surface area contributed by atoms with E-state index in [4.69, 9.17) is 14.5 Å². The average Bonchev–Trinajstić information content (AvgIpc) is 3.28.